The molecule has 1 aliphatic rings. The summed E-state index contributed by atoms with van der Waals surface area (Å²) in [5.41, 5.74) is 1.14. The first-order valence-electron chi connectivity index (χ1n) is 8.65. The lowest BCUT2D eigenvalue weighted by Gasteiger charge is -2.36. The van der Waals surface area contributed by atoms with E-state index in [1.807, 2.05) is 30.3 Å². The number of nitrogens with one attached hydrogen (secondary N) is 1. The Labute approximate surface area is 155 Å². The summed E-state index contributed by atoms with van der Waals surface area (Å²) in [7, 11) is 0. The fraction of sp³-hybridized carbons (Fsp3) is 0.333. The normalized spacial score (nSPS) is 14.1. The molecule has 2 aromatic rings. The quantitative estimate of drug-likeness (QED) is 0.610. The molecule has 0 unspecified atom stereocenters. The fourth-order valence-electron chi connectivity index (χ4n) is 2.93. The summed E-state index contributed by atoms with van der Waals surface area (Å²) in [6, 6.07) is 12.4. The zero-order valence-corrected chi connectivity index (χ0v) is 14.7. The predicted octanol–water partition coefficient (Wildman–Crippen LogP) is 1.66. The van der Waals surface area contributed by atoms with Gasteiger partial charge >= 0.3 is 5.88 Å². The molecule has 3 rings (SSSR count). The number of anilines is 1. The number of amides is 2. The van der Waals surface area contributed by atoms with Crippen LogP contribution in [0, 0.1) is 10.1 Å². The third-order valence-electron chi connectivity index (χ3n) is 4.37. The molecule has 0 aliphatic carbocycles. The van der Waals surface area contributed by atoms with Crippen LogP contribution in [0.1, 0.15) is 17.0 Å². The molecule has 0 spiro atoms. The molecule has 1 aromatic carbocycles. The summed E-state index contributed by atoms with van der Waals surface area (Å²) in [6.07, 6.45) is 0.167. The third-order valence-corrected chi connectivity index (χ3v) is 4.37. The Morgan fingerprint density at radius 3 is 2.41 bits per heavy atom. The van der Waals surface area contributed by atoms with Gasteiger partial charge in [0.25, 0.3) is 5.91 Å². The third kappa shape index (κ3) is 4.63. The minimum atomic E-state index is -0.713. The van der Waals surface area contributed by atoms with Gasteiger partial charge in [0.15, 0.2) is 5.76 Å². The van der Waals surface area contributed by atoms with E-state index in [1.54, 1.807) is 4.90 Å². The molecule has 9 nitrogen and oxygen atoms in total. The monoisotopic (exact) mass is 372 g/mol. The number of carbonyl (C=O) groups excluding carboxylic acids is 2. The average molecular weight is 372 g/mol. The maximum absolute atomic E-state index is 12.3. The van der Waals surface area contributed by atoms with Crippen LogP contribution in [0.15, 0.2) is 46.9 Å². The van der Waals surface area contributed by atoms with E-state index in [9.17, 15) is 19.7 Å². The molecule has 142 valence electrons. The largest absolute Gasteiger partial charge is 0.433 e. The summed E-state index contributed by atoms with van der Waals surface area (Å²) in [5.74, 6) is -1.25. The number of nitrogens with zero attached hydrogens (tertiary/aromatic N) is 3. The highest BCUT2D eigenvalue weighted by Gasteiger charge is 2.22. The lowest BCUT2D eigenvalue weighted by Crippen LogP contribution is -2.49. The van der Waals surface area contributed by atoms with Crippen LogP contribution in [0.25, 0.3) is 0 Å². The first kappa shape index (κ1) is 18.4. The van der Waals surface area contributed by atoms with Crippen molar-refractivity contribution in [3.8, 4) is 0 Å². The Hall–Kier alpha value is -3.36. The number of nitro groups is 1. The SMILES string of the molecule is O=C(NCCC(=O)N1CCN(c2ccccc2)CC1)c1ccc([N+](=O)[O-])o1. The zero-order chi connectivity index (χ0) is 19.2. The van der Waals surface area contributed by atoms with Crippen molar-refractivity contribution < 1.29 is 18.9 Å². The summed E-state index contributed by atoms with van der Waals surface area (Å²) < 4.78 is 4.82. The highest BCUT2D eigenvalue weighted by atomic mass is 16.6. The van der Waals surface area contributed by atoms with Crippen LogP contribution in [0.4, 0.5) is 11.6 Å². The Morgan fingerprint density at radius 2 is 1.78 bits per heavy atom. The first-order chi connectivity index (χ1) is 13.0. The van der Waals surface area contributed by atoms with Crippen LogP contribution in [0.2, 0.25) is 0 Å². The number of furan rings is 1. The fourth-order valence-corrected chi connectivity index (χ4v) is 2.93. The zero-order valence-electron chi connectivity index (χ0n) is 14.7. The minimum Gasteiger partial charge on any atom is -0.395 e. The summed E-state index contributed by atoms with van der Waals surface area (Å²) >= 11 is 0. The number of hydrogen-bond acceptors (Lipinski definition) is 6. The van der Waals surface area contributed by atoms with E-state index in [2.05, 4.69) is 10.2 Å². The second-order valence-electron chi connectivity index (χ2n) is 6.10. The van der Waals surface area contributed by atoms with Gasteiger partial charge in [-0.05, 0) is 18.2 Å². The van der Waals surface area contributed by atoms with Crippen LogP contribution in [0.5, 0.6) is 0 Å². The summed E-state index contributed by atoms with van der Waals surface area (Å²) in [5, 5.41) is 13.1. The van der Waals surface area contributed by atoms with Crippen molar-refractivity contribution in [3.63, 3.8) is 0 Å². The maximum Gasteiger partial charge on any atom is 0.433 e. The minimum absolute atomic E-state index is 0.0339. The molecule has 1 aliphatic heterocycles. The van der Waals surface area contributed by atoms with Gasteiger partial charge < -0.3 is 19.5 Å². The van der Waals surface area contributed by atoms with Crippen molar-refractivity contribution >= 4 is 23.4 Å². The van der Waals surface area contributed by atoms with E-state index in [0.717, 1.165) is 24.8 Å². The van der Waals surface area contributed by atoms with Crippen LogP contribution in [-0.4, -0.2) is 54.4 Å². The van der Waals surface area contributed by atoms with Crippen LogP contribution in [-0.2, 0) is 4.79 Å². The van der Waals surface area contributed by atoms with Gasteiger partial charge in [0, 0.05) is 44.8 Å². The number of rotatable bonds is 6. The van der Waals surface area contributed by atoms with Crippen molar-refractivity contribution in [2.45, 2.75) is 6.42 Å². The van der Waals surface area contributed by atoms with Crippen molar-refractivity contribution in [1.82, 2.24) is 10.2 Å². The maximum atomic E-state index is 12.3. The molecule has 2 heterocycles. The second-order valence-corrected chi connectivity index (χ2v) is 6.10. The number of piperazine rings is 1. The Balaban J connectivity index is 1.41. The topological polar surface area (TPSA) is 109 Å². The molecular formula is C18H20N4O5. The summed E-state index contributed by atoms with van der Waals surface area (Å²) in [6.45, 7) is 2.93. The Kier molecular flexibility index (Phi) is 5.70. The molecule has 1 saturated heterocycles. The number of carbonyl (C=O) groups is 2. The highest BCUT2D eigenvalue weighted by Crippen LogP contribution is 2.16. The van der Waals surface area contributed by atoms with Gasteiger partial charge in [0.1, 0.15) is 4.92 Å². The Bertz CT molecular complexity index is 812. The number of hydrogen-bond donors (Lipinski definition) is 1. The van der Waals surface area contributed by atoms with Crippen LogP contribution < -0.4 is 10.2 Å². The summed E-state index contributed by atoms with van der Waals surface area (Å²) in [4.78, 5) is 38.0. The van der Waals surface area contributed by atoms with Gasteiger partial charge in [-0.1, -0.05) is 18.2 Å². The molecule has 2 amide bonds. The van der Waals surface area contributed by atoms with Crippen molar-refractivity contribution in [3.05, 3.63) is 58.3 Å². The van der Waals surface area contributed by atoms with E-state index in [0.29, 0.717) is 13.1 Å². The molecule has 1 fully saturated rings. The van der Waals surface area contributed by atoms with Gasteiger partial charge in [-0.25, -0.2) is 0 Å². The van der Waals surface area contributed by atoms with E-state index < -0.39 is 16.7 Å². The van der Waals surface area contributed by atoms with E-state index in [4.69, 9.17) is 4.42 Å². The predicted molar refractivity (Wildman–Crippen MR) is 97.5 cm³/mol. The van der Waals surface area contributed by atoms with Gasteiger partial charge in [0.05, 0.1) is 6.07 Å². The average Bonchev–Trinajstić information content (AvgIpc) is 3.19. The van der Waals surface area contributed by atoms with E-state index >= 15 is 0 Å². The molecule has 1 aromatic heterocycles. The number of para-hydroxylation sites is 1. The first-order valence-corrected chi connectivity index (χ1v) is 8.65. The Morgan fingerprint density at radius 1 is 1.07 bits per heavy atom. The van der Waals surface area contributed by atoms with Crippen molar-refractivity contribution in [2.24, 2.45) is 0 Å². The lowest BCUT2D eigenvalue weighted by atomic mass is 10.2. The molecule has 0 bridgehead atoms. The standard InChI is InChI=1S/C18H20N4O5/c23-16(8-9-19-18(24)15-6-7-17(27-15)22(25)26)21-12-10-20(11-13-21)14-4-2-1-3-5-14/h1-7H,8-13H2,(H,19,24). The van der Waals surface area contributed by atoms with Gasteiger partial charge in [-0.2, -0.15) is 0 Å². The van der Waals surface area contributed by atoms with Crippen LogP contribution in [0.3, 0.4) is 0 Å². The second kappa shape index (κ2) is 8.35. The molecule has 1 N–H and O–H groups in total. The molecule has 0 atom stereocenters. The molecular weight excluding hydrogens is 352 g/mol. The molecule has 0 radical (unpaired) electrons. The van der Waals surface area contributed by atoms with Gasteiger partial charge in [-0.3, -0.25) is 19.7 Å². The lowest BCUT2D eigenvalue weighted by molar-refractivity contribution is -0.402. The van der Waals surface area contributed by atoms with Crippen molar-refractivity contribution in [2.75, 3.05) is 37.6 Å². The van der Waals surface area contributed by atoms with Crippen LogP contribution >= 0.6 is 0 Å². The molecule has 27 heavy (non-hydrogen) atoms. The molecule has 0 saturated carbocycles. The highest BCUT2D eigenvalue weighted by molar-refractivity contribution is 5.92. The smallest absolute Gasteiger partial charge is 0.395 e. The van der Waals surface area contributed by atoms with E-state index in [-0.39, 0.29) is 24.6 Å². The van der Waals surface area contributed by atoms with Crippen molar-refractivity contribution in [1.29, 1.82) is 0 Å². The van der Waals surface area contributed by atoms with E-state index in [1.165, 1.54) is 6.07 Å². The van der Waals surface area contributed by atoms with Gasteiger partial charge in [0.2, 0.25) is 5.91 Å². The van der Waals surface area contributed by atoms with Gasteiger partial charge in [-0.15, -0.1) is 0 Å². The molecule has 9 heteroatoms. The number of benzene rings is 1.